The summed E-state index contributed by atoms with van der Waals surface area (Å²) >= 11 is 0. The molecule has 7 heteroatoms. The molecule has 2 saturated heterocycles. The Labute approximate surface area is 127 Å². The third-order valence-corrected chi connectivity index (χ3v) is 6.61. The van der Waals surface area contributed by atoms with Crippen LogP contribution in [0.1, 0.15) is 39.0 Å². The molecule has 0 aromatic rings. The summed E-state index contributed by atoms with van der Waals surface area (Å²) in [7, 11) is -3.16. The molecule has 0 aliphatic carbocycles. The minimum atomic E-state index is -3.16. The third-order valence-electron chi connectivity index (χ3n) is 4.65. The predicted octanol–water partition coefficient (Wildman–Crippen LogP) is 0.390. The van der Waals surface area contributed by atoms with Gasteiger partial charge in [0.05, 0.1) is 5.75 Å². The SMILES string of the molecule is CC1(CN)CCN(C(=O)CCCS(=O)(=O)N2CCCC2)C1. The van der Waals surface area contributed by atoms with E-state index in [4.69, 9.17) is 5.73 Å². The zero-order valence-electron chi connectivity index (χ0n) is 12.9. The van der Waals surface area contributed by atoms with Gasteiger partial charge in [0.1, 0.15) is 0 Å². The smallest absolute Gasteiger partial charge is 0.222 e. The first kappa shape index (κ1) is 16.7. The van der Waals surface area contributed by atoms with E-state index < -0.39 is 10.0 Å². The lowest BCUT2D eigenvalue weighted by molar-refractivity contribution is -0.130. The molecule has 2 aliphatic rings. The fraction of sp³-hybridized carbons (Fsp3) is 0.929. The van der Waals surface area contributed by atoms with Gasteiger partial charge in [0.2, 0.25) is 15.9 Å². The van der Waals surface area contributed by atoms with Crippen molar-refractivity contribution in [3.63, 3.8) is 0 Å². The van der Waals surface area contributed by atoms with Gasteiger partial charge in [-0.25, -0.2) is 12.7 Å². The number of amides is 1. The summed E-state index contributed by atoms with van der Waals surface area (Å²) in [5, 5.41) is 0. The van der Waals surface area contributed by atoms with Gasteiger partial charge in [-0.1, -0.05) is 6.92 Å². The van der Waals surface area contributed by atoms with Crippen LogP contribution in [-0.4, -0.2) is 62.0 Å². The van der Waals surface area contributed by atoms with Crippen LogP contribution in [0.25, 0.3) is 0 Å². The number of nitrogens with zero attached hydrogens (tertiary/aromatic N) is 2. The van der Waals surface area contributed by atoms with Crippen LogP contribution in [0.5, 0.6) is 0 Å². The van der Waals surface area contributed by atoms with Crippen molar-refractivity contribution in [2.24, 2.45) is 11.1 Å². The summed E-state index contributed by atoms with van der Waals surface area (Å²) in [6, 6.07) is 0. The number of nitrogens with two attached hydrogens (primary N) is 1. The number of hydrogen-bond donors (Lipinski definition) is 1. The average molecular weight is 317 g/mol. The Morgan fingerprint density at radius 1 is 1.24 bits per heavy atom. The lowest BCUT2D eigenvalue weighted by atomic mass is 9.90. The van der Waals surface area contributed by atoms with Gasteiger partial charge in [-0.05, 0) is 37.6 Å². The van der Waals surface area contributed by atoms with Crippen molar-refractivity contribution in [1.82, 2.24) is 9.21 Å². The van der Waals surface area contributed by atoms with E-state index in [1.807, 2.05) is 4.90 Å². The fourth-order valence-corrected chi connectivity index (χ4v) is 4.64. The molecule has 2 heterocycles. The maximum Gasteiger partial charge on any atom is 0.222 e. The van der Waals surface area contributed by atoms with Crippen molar-refractivity contribution in [2.45, 2.75) is 39.0 Å². The zero-order valence-corrected chi connectivity index (χ0v) is 13.7. The van der Waals surface area contributed by atoms with Crippen LogP contribution in [0.15, 0.2) is 0 Å². The van der Waals surface area contributed by atoms with Crippen molar-refractivity contribution in [3.05, 3.63) is 0 Å². The first-order valence-electron chi connectivity index (χ1n) is 7.82. The molecule has 6 nitrogen and oxygen atoms in total. The van der Waals surface area contributed by atoms with Crippen molar-refractivity contribution >= 4 is 15.9 Å². The second-order valence-corrected chi connectivity index (χ2v) is 8.69. The molecule has 0 saturated carbocycles. The molecular formula is C14H27N3O3S. The average Bonchev–Trinajstić information content (AvgIpc) is 3.08. The summed E-state index contributed by atoms with van der Waals surface area (Å²) in [6.07, 6.45) is 3.55. The fourth-order valence-electron chi connectivity index (χ4n) is 3.06. The van der Waals surface area contributed by atoms with Gasteiger partial charge in [-0.3, -0.25) is 4.79 Å². The number of carbonyl (C=O) groups excluding carboxylic acids is 1. The Kier molecular flexibility index (Phi) is 5.27. The van der Waals surface area contributed by atoms with Gasteiger partial charge in [0, 0.05) is 32.6 Å². The highest BCUT2D eigenvalue weighted by Crippen LogP contribution is 2.29. The van der Waals surface area contributed by atoms with Crippen LogP contribution >= 0.6 is 0 Å². The van der Waals surface area contributed by atoms with Crippen molar-refractivity contribution in [3.8, 4) is 0 Å². The molecule has 2 rings (SSSR count). The van der Waals surface area contributed by atoms with E-state index in [0.29, 0.717) is 39.0 Å². The molecule has 122 valence electrons. The first-order valence-corrected chi connectivity index (χ1v) is 9.43. The molecule has 1 amide bonds. The second kappa shape index (κ2) is 6.62. The lowest BCUT2D eigenvalue weighted by Crippen LogP contribution is -2.35. The number of hydrogen-bond acceptors (Lipinski definition) is 4. The Bertz CT molecular complexity index is 474. The van der Waals surface area contributed by atoms with Crippen molar-refractivity contribution < 1.29 is 13.2 Å². The molecule has 1 unspecified atom stereocenters. The van der Waals surface area contributed by atoms with Crippen molar-refractivity contribution in [2.75, 3.05) is 38.5 Å². The molecule has 2 N–H and O–H groups in total. The highest BCUT2D eigenvalue weighted by molar-refractivity contribution is 7.89. The second-order valence-electron chi connectivity index (χ2n) is 6.61. The summed E-state index contributed by atoms with van der Waals surface area (Å²) in [6.45, 7) is 5.39. The van der Waals surface area contributed by atoms with E-state index >= 15 is 0 Å². The molecule has 21 heavy (non-hydrogen) atoms. The maximum atomic E-state index is 12.1. The summed E-state index contributed by atoms with van der Waals surface area (Å²) < 4.78 is 25.7. The van der Waals surface area contributed by atoms with Gasteiger partial charge < -0.3 is 10.6 Å². The van der Waals surface area contributed by atoms with E-state index in [1.165, 1.54) is 0 Å². The van der Waals surface area contributed by atoms with Crippen LogP contribution in [0.3, 0.4) is 0 Å². The summed E-state index contributed by atoms with van der Waals surface area (Å²) in [5.41, 5.74) is 5.76. The molecule has 2 fully saturated rings. The molecule has 2 aliphatic heterocycles. The highest BCUT2D eigenvalue weighted by Gasteiger charge is 2.34. The van der Waals surface area contributed by atoms with Gasteiger partial charge in [0.25, 0.3) is 0 Å². The Morgan fingerprint density at radius 3 is 2.48 bits per heavy atom. The van der Waals surface area contributed by atoms with Gasteiger partial charge in [0.15, 0.2) is 0 Å². The van der Waals surface area contributed by atoms with E-state index in [9.17, 15) is 13.2 Å². The first-order chi connectivity index (χ1) is 9.86. The topological polar surface area (TPSA) is 83.7 Å². The molecule has 0 aromatic carbocycles. The molecule has 0 spiro atoms. The molecule has 0 aromatic heterocycles. The number of carbonyl (C=O) groups is 1. The predicted molar refractivity (Wildman–Crippen MR) is 82.2 cm³/mol. The Morgan fingerprint density at radius 2 is 1.90 bits per heavy atom. The lowest BCUT2D eigenvalue weighted by Gasteiger charge is -2.22. The van der Waals surface area contributed by atoms with Crippen molar-refractivity contribution in [1.29, 1.82) is 0 Å². The van der Waals surface area contributed by atoms with E-state index in [1.54, 1.807) is 4.31 Å². The standard InChI is InChI=1S/C14H27N3O3S/c1-14(11-15)6-9-16(12-14)13(18)5-4-10-21(19,20)17-7-2-3-8-17/h2-12,15H2,1H3. The number of sulfonamides is 1. The minimum Gasteiger partial charge on any atom is -0.342 e. The largest absolute Gasteiger partial charge is 0.342 e. The number of rotatable bonds is 6. The number of likely N-dealkylation sites (tertiary alicyclic amines) is 1. The van der Waals surface area contributed by atoms with Crippen LogP contribution in [0.2, 0.25) is 0 Å². The van der Waals surface area contributed by atoms with Crippen LogP contribution in [-0.2, 0) is 14.8 Å². The Balaban J connectivity index is 1.75. The molecule has 0 bridgehead atoms. The summed E-state index contributed by atoms with van der Waals surface area (Å²) in [5.74, 6) is 0.143. The molecular weight excluding hydrogens is 290 g/mol. The van der Waals surface area contributed by atoms with Crippen LogP contribution in [0, 0.1) is 5.41 Å². The van der Waals surface area contributed by atoms with Crippen LogP contribution < -0.4 is 5.73 Å². The van der Waals surface area contributed by atoms with E-state index in [2.05, 4.69) is 6.92 Å². The molecule has 0 radical (unpaired) electrons. The quantitative estimate of drug-likeness (QED) is 0.768. The summed E-state index contributed by atoms with van der Waals surface area (Å²) in [4.78, 5) is 14.0. The zero-order chi connectivity index (χ0) is 15.5. The Hall–Kier alpha value is -0.660. The van der Waals surface area contributed by atoms with E-state index in [0.717, 1.165) is 25.8 Å². The maximum absolute atomic E-state index is 12.1. The normalized spacial score (nSPS) is 27.4. The van der Waals surface area contributed by atoms with Gasteiger partial charge >= 0.3 is 0 Å². The van der Waals surface area contributed by atoms with Crippen LogP contribution in [0.4, 0.5) is 0 Å². The third kappa shape index (κ3) is 4.17. The van der Waals surface area contributed by atoms with Gasteiger partial charge in [-0.15, -0.1) is 0 Å². The molecule has 1 atom stereocenters. The minimum absolute atomic E-state index is 0.0251. The van der Waals surface area contributed by atoms with Gasteiger partial charge in [-0.2, -0.15) is 0 Å². The monoisotopic (exact) mass is 317 g/mol. The van der Waals surface area contributed by atoms with E-state index in [-0.39, 0.29) is 17.1 Å². The highest BCUT2D eigenvalue weighted by atomic mass is 32.2.